The van der Waals surface area contributed by atoms with Gasteiger partial charge in [0, 0.05) is 25.1 Å². The first-order valence-corrected chi connectivity index (χ1v) is 9.04. The molecule has 0 saturated carbocycles. The van der Waals surface area contributed by atoms with Gasteiger partial charge in [0.2, 0.25) is 11.8 Å². The van der Waals surface area contributed by atoms with Gasteiger partial charge in [0.1, 0.15) is 5.75 Å². The van der Waals surface area contributed by atoms with Crippen LogP contribution in [-0.4, -0.2) is 36.1 Å². The fraction of sp³-hybridized carbons (Fsp3) is 0.286. The maximum atomic E-state index is 12.4. The van der Waals surface area contributed by atoms with E-state index in [1.807, 2.05) is 61.5 Å². The monoisotopic (exact) mass is 365 g/mol. The maximum Gasteiger partial charge on any atom is 0.245 e. The molecule has 1 fully saturated rings. The van der Waals surface area contributed by atoms with E-state index >= 15 is 0 Å². The minimum Gasteiger partial charge on any atom is -0.493 e. The Hall–Kier alpha value is -3.15. The average molecular weight is 365 g/mol. The Morgan fingerprint density at radius 2 is 1.96 bits per heavy atom. The van der Waals surface area contributed by atoms with Gasteiger partial charge in [0.25, 0.3) is 0 Å². The van der Waals surface area contributed by atoms with E-state index in [-0.39, 0.29) is 24.2 Å². The number of likely N-dealkylation sites (tertiary alicyclic amines) is 1. The van der Waals surface area contributed by atoms with Crippen molar-refractivity contribution in [3.63, 3.8) is 0 Å². The first kappa shape index (κ1) is 18.6. The van der Waals surface area contributed by atoms with Crippen molar-refractivity contribution in [2.75, 3.05) is 13.2 Å². The van der Waals surface area contributed by atoms with Crippen LogP contribution in [0.25, 0.3) is 0 Å². The highest BCUT2D eigenvalue weighted by molar-refractivity contribution is 5.90. The largest absolute Gasteiger partial charge is 0.493 e. The van der Waals surface area contributed by atoms with Crippen LogP contribution in [-0.2, 0) is 16.1 Å². The molecule has 140 valence electrons. The van der Waals surface area contributed by atoms with Gasteiger partial charge in [-0.3, -0.25) is 9.59 Å². The average Bonchev–Trinajstić information content (AvgIpc) is 3.05. The number of hydrogen-bond donors (Lipinski definition) is 1. The molecule has 2 aromatic rings. The third-order valence-electron chi connectivity index (χ3n) is 4.40. The van der Waals surface area contributed by atoms with E-state index in [0.29, 0.717) is 25.4 Å². The van der Waals surface area contributed by atoms with Crippen LogP contribution in [0.15, 0.2) is 59.7 Å². The van der Waals surface area contributed by atoms with Crippen LogP contribution in [0.3, 0.4) is 0 Å². The van der Waals surface area contributed by atoms with E-state index in [4.69, 9.17) is 4.74 Å². The summed E-state index contributed by atoms with van der Waals surface area (Å²) in [5.74, 6) is 0.0669. The van der Waals surface area contributed by atoms with E-state index in [9.17, 15) is 9.59 Å². The van der Waals surface area contributed by atoms with Gasteiger partial charge in [-0.05, 0) is 24.6 Å². The first-order chi connectivity index (χ1) is 13.2. The van der Waals surface area contributed by atoms with E-state index in [0.717, 1.165) is 11.1 Å². The van der Waals surface area contributed by atoms with Crippen LogP contribution in [0.4, 0.5) is 0 Å². The molecule has 6 heteroatoms. The number of hydrogen-bond acceptors (Lipinski definition) is 4. The number of nitrogens with zero attached hydrogens (tertiary/aromatic N) is 2. The Morgan fingerprint density at radius 3 is 2.74 bits per heavy atom. The highest BCUT2D eigenvalue weighted by Gasteiger charge is 2.34. The molecule has 1 saturated heterocycles. The SMILES string of the molecule is CCOc1ccccc1/C=N/NC(=O)C1CC(=O)N(Cc2ccccc2)C1. The third kappa shape index (κ3) is 4.94. The maximum absolute atomic E-state index is 12.4. The second-order valence-corrected chi connectivity index (χ2v) is 6.37. The lowest BCUT2D eigenvalue weighted by Gasteiger charge is -2.16. The van der Waals surface area contributed by atoms with Gasteiger partial charge in [-0.25, -0.2) is 5.43 Å². The predicted molar refractivity (Wildman–Crippen MR) is 103 cm³/mol. The topological polar surface area (TPSA) is 71.0 Å². The molecule has 6 nitrogen and oxygen atoms in total. The Balaban J connectivity index is 1.55. The molecule has 0 spiro atoms. The summed E-state index contributed by atoms with van der Waals surface area (Å²) in [6, 6.07) is 17.2. The van der Waals surface area contributed by atoms with E-state index in [2.05, 4.69) is 10.5 Å². The van der Waals surface area contributed by atoms with Crippen LogP contribution in [0.2, 0.25) is 0 Å². The van der Waals surface area contributed by atoms with Crippen molar-refractivity contribution in [1.82, 2.24) is 10.3 Å². The van der Waals surface area contributed by atoms with Gasteiger partial charge in [-0.15, -0.1) is 0 Å². The van der Waals surface area contributed by atoms with Crippen molar-refractivity contribution in [2.45, 2.75) is 19.9 Å². The molecule has 1 aliphatic heterocycles. The van der Waals surface area contributed by atoms with Crippen LogP contribution in [0.5, 0.6) is 5.75 Å². The van der Waals surface area contributed by atoms with Gasteiger partial charge in [-0.1, -0.05) is 42.5 Å². The smallest absolute Gasteiger partial charge is 0.245 e. The van der Waals surface area contributed by atoms with Crippen LogP contribution in [0.1, 0.15) is 24.5 Å². The molecule has 2 aromatic carbocycles. The van der Waals surface area contributed by atoms with Crippen molar-refractivity contribution in [3.05, 3.63) is 65.7 Å². The van der Waals surface area contributed by atoms with Crippen LogP contribution in [0, 0.1) is 5.92 Å². The van der Waals surface area contributed by atoms with Crippen molar-refractivity contribution in [2.24, 2.45) is 11.0 Å². The zero-order valence-corrected chi connectivity index (χ0v) is 15.3. The quantitative estimate of drug-likeness (QED) is 0.606. The Labute approximate surface area is 158 Å². The molecule has 0 bridgehead atoms. The summed E-state index contributed by atoms with van der Waals surface area (Å²) < 4.78 is 5.52. The predicted octanol–water partition coefficient (Wildman–Crippen LogP) is 2.58. The molecule has 1 unspecified atom stereocenters. The molecular weight excluding hydrogens is 342 g/mol. The molecule has 0 aliphatic carbocycles. The Kier molecular flexibility index (Phi) is 6.20. The number of benzene rings is 2. The summed E-state index contributed by atoms with van der Waals surface area (Å²) in [5.41, 5.74) is 4.38. The minimum absolute atomic E-state index is 0.00956. The molecule has 27 heavy (non-hydrogen) atoms. The number of nitrogens with one attached hydrogen (secondary N) is 1. The molecule has 3 rings (SSSR count). The molecule has 0 aromatic heterocycles. The van der Waals surface area contributed by atoms with Gasteiger partial charge >= 0.3 is 0 Å². The molecular formula is C21H23N3O3. The van der Waals surface area contributed by atoms with Crippen LogP contribution < -0.4 is 10.2 Å². The van der Waals surface area contributed by atoms with E-state index in [1.165, 1.54) is 0 Å². The second kappa shape index (κ2) is 8.98. The highest BCUT2D eigenvalue weighted by atomic mass is 16.5. The number of hydrazone groups is 1. The zero-order chi connectivity index (χ0) is 19.1. The van der Waals surface area contributed by atoms with Gasteiger partial charge < -0.3 is 9.64 Å². The summed E-state index contributed by atoms with van der Waals surface area (Å²) in [6.07, 6.45) is 1.77. The summed E-state index contributed by atoms with van der Waals surface area (Å²) >= 11 is 0. The molecule has 1 heterocycles. The number of para-hydroxylation sites is 1. The minimum atomic E-state index is -0.388. The van der Waals surface area contributed by atoms with Gasteiger partial charge in [0.05, 0.1) is 18.7 Å². The first-order valence-electron chi connectivity index (χ1n) is 9.04. The standard InChI is InChI=1S/C21H23N3O3/c1-2-27-19-11-7-6-10-17(19)13-22-23-21(26)18-12-20(25)24(15-18)14-16-8-4-3-5-9-16/h3-11,13,18H,2,12,14-15H2,1H3,(H,23,26)/b22-13+. The lowest BCUT2D eigenvalue weighted by molar-refractivity contribution is -0.129. The third-order valence-corrected chi connectivity index (χ3v) is 4.40. The lowest BCUT2D eigenvalue weighted by atomic mass is 10.1. The summed E-state index contributed by atoms with van der Waals surface area (Å²) in [5, 5.41) is 4.03. The molecule has 1 N–H and O–H groups in total. The van der Waals surface area contributed by atoms with Gasteiger partial charge in [-0.2, -0.15) is 5.10 Å². The molecule has 0 radical (unpaired) electrons. The lowest BCUT2D eigenvalue weighted by Crippen LogP contribution is -2.30. The highest BCUT2D eigenvalue weighted by Crippen LogP contribution is 2.20. The summed E-state index contributed by atoms with van der Waals surface area (Å²) in [4.78, 5) is 26.3. The normalized spacial score (nSPS) is 16.7. The molecule has 1 atom stereocenters. The van der Waals surface area contributed by atoms with Gasteiger partial charge in [0.15, 0.2) is 0 Å². The summed E-state index contributed by atoms with van der Waals surface area (Å²) in [6.45, 7) is 3.39. The van der Waals surface area contributed by atoms with E-state index in [1.54, 1.807) is 11.1 Å². The fourth-order valence-electron chi connectivity index (χ4n) is 3.04. The Bertz CT molecular complexity index is 820. The number of amides is 2. The molecule has 2 amide bonds. The van der Waals surface area contributed by atoms with Crippen molar-refractivity contribution in [3.8, 4) is 5.75 Å². The number of rotatable bonds is 7. The number of carbonyl (C=O) groups excluding carboxylic acids is 2. The summed E-state index contributed by atoms with van der Waals surface area (Å²) in [7, 11) is 0. The van der Waals surface area contributed by atoms with E-state index < -0.39 is 0 Å². The van der Waals surface area contributed by atoms with Crippen LogP contribution >= 0.6 is 0 Å². The fourth-order valence-corrected chi connectivity index (χ4v) is 3.04. The van der Waals surface area contributed by atoms with Crippen molar-refractivity contribution >= 4 is 18.0 Å². The zero-order valence-electron chi connectivity index (χ0n) is 15.3. The van der Waals surface area contributed by atoms with Crippen molar-refractivity contribution in [1.29, 1.82) is 0 Å². The number of ether oxygens (including phenoxy) is 1. The van der Waals surface area contributed by atoms with Crippen molar-refractivity contribution < 1.29 is 14.3 Å². The Morgan fingerprint density at radius 1 is 1.22 bits per heavy atom. The second-order valence-electron chi connectivity index (χ2n) is 6.37. The molecule has 1 aliphatic rings. The number of carbonyl (C=O) groups is 2.